The number of halogens is 2. The van der Waals surface area contributed by atoms with E-state index >= 15 is 0 Å². The highest BCUT2D eigenvalue weighted by Gasteiger charge is 2.14. The molecule has 0 spiro atoms. The summed E-state index contributed by atoms with van der Waals surface area (Å²) < 4.78 is 27.8. The molecule has 0 heterocycles. The molecule has 0 unspecified atom stereocenters. The van der Waals surface area contributed by atoms with Gasteiger partial charge >= 0.3 is 0 Å². The van der Waals surface area contributed by atoms with Gasteiger partial charge in [0.15, 0.2) is 11.6 Å². The normalized spacial score (nSPS) is 10.2. The van der Waals surface area contributed by atoms with Crippen LogP contribution >= 0.6 is 0 Å². The molecule has 0 aliphatic heterocycles. The lowest BCUT2D eigenvalue weighted by atomic mass is 10.1. The fourth-order valence-corrected chi connectivity index (χ4v) is 2.08. The van der Waals surface area contributed by atoms with Gasteiger partial charge in [0, 0.05) is 5.69 Å². The Kier molecular flexibility index (Phi) is 3.99. The van der Waals surface area contributed by atoms with E-state index in [1.165, 1.54) is 0 Å². The summed E-state index contributed by atoms with van der Waals surface area (Å²) in [4.78, 5) is 0. The Bertz CT molecular complexity index is 664. The third-order valence-electron chi connectivity index (χ3n) is 3.16. The first-order chi connectivity index (χ1) is 9.56. The molecule has 0 aromatic heterocycles. The number of rotatable bonds is 3. The predicted molar refractivity (Wildman–Crippen MR) is 74.9 cm³/mol. The lowest BCUT2D eigenvalue weighted by molar-refractivity contribution is 0.590. The van der Waals surface area contributed by atoms with Crippen molar-refractivity contribution in [3.8, 4) is 6.07 Å². The highest BCUT2D eigenvalue weighted by molar-refractivity contribution is 5.68. The van der Waals surface area contributed by atoms with Gasteiger partial charge in [0.05, 0.1) is 11.6 Å². The Hall–Kier alpha value is -2.41. The summed E-state index contributed by atoms with van der Waals surface area (Å²) in [6.45, 7) is 3.85. The maximum absolute atomic E-state index is 13.9. The van der Waals surface area contributed by atoms with Gasteiger partial charge < -0.3 is 5.32 Å². The molecule has 0 amide bonds. The quantitative estimate of drug-likeness (QED) is 0.896. The van der Waals surface area contributed by atoms with Crippen LogP contribution in [-0.2, 0) is 6.42 Å². The van der Waals surface area contributed by atoms with Gasteiger partial charge in [-0.3, -0.25) is 0 Å². The van der Waals surface area contributed by atoms with Crippen LogP contribution in [0.5, 0.6) is 0 Å². The van der Waals surface area contributed by atoms with E-state index in [1.807, 2.05) is 32.0 Å². The highest BCUT2D eigenvalue weighted by Crippen LogP contribution is 2.29. The SMILES string of the molecule is CCc1cccc(C)c1Nc1c(F)cc(C#N)cc1F. The summed E-state index contributed by atoms with van der Waals surface area (Å²) in [5.41, 5.74) is 2.33. The molecule has 0 saturated carbocycles. The molecule has 2 aromatic rings. The van der Waals surface area contributed by atoms with Crippen molar-refractivity contribution < 1.29 is 8.78 Å². The maximum atomic E-state index is 13.9. The van der Waals surface area contributed by atoms with Gasteiger partial charge in [-0.15, -0.1) is 0 Å². The van der Waals surface area contributed by atoms with Gasteiger partial charge in [-0.1, -0.05) is 25.1 Å². The Labute approximate surface area is 116 Å². The second-order valence-electron chi connectivity index (χ2n) is 4.51. The summed E-state index contributed by atoms with van der Waals surface area (Å²) in [5, 5.41) is 11.5. The minimum atomic E-state index is -0.771. The second-order valence-corrected chi connectivity index (χ2v) is 4.51. The molecule has 0 fully saturated rings. The van der Waals surface area contributed by atoms with Crippen molar-refractivity contribution in [2.75, 3.05) is 5.32 Å². The molecule has 2 rings (SSSR count). The molecular formula is C16H14F2N2. The van der Waals surface area contributed by atoms with Crippen LogP contribution in [0.1, 0.15) is 23.6 Å². The van der Waals surface area contributed by atoms with Gasteiger partial charge in [-0.25, -0.2) is 8.78 Å². The van der Waals surface area contributed by atoms with Crippen molar-refractivity contribution in [2.24, 2.45) is 0 Å². The topological polar surface area (TPSA) is 35.8 Å². The fourth-order valence-electron chi connectivity index (χ4n) is 2.08. The van der Waals surface area contributed by atoms with Crippen LogP contribution in [0, 0.1) is 29.9 Å². The zero-order chi connectivity index (χ0) is 14.7. The zero-order valence-electron chi connectivity index (χ0n) is 11.3. The van der Waals surface area contributed by atoms with Gasteiger partial charge in [0.1, 0.15) is 5.69 Å². The lowest BCUT2D eigenvalue weighted by Crippen LogP contribution is -2.03. The third-order valence-corrected chi connectivity index (χ3v) is 3.16. The van der Waals surface area contributed by atoms with E-state index in [-0.39, 0.29) is 11.3 Å². The average Bonchev–Trinajstić information content (AvgIpc) is 2.43. The molecule has 0 saturated heterocycles. The lowest BCUT2D eigenvalue weighted by Gasteiger charge is -2.15. The number of benzene rings is 2. The van der Waals surface area contributed by atoms with E-state index < -0.39 is 11.6 Å². The van der Waals surface area contributed by atoms with E-state index in [1.54, 1.807) is 6.07 Å². The first kappa shape index (κ1) is 14.0. The van der Waals surface area contributed by atoms with Crippen LogP contribution in [0.4, 0.5) is 20.2 Å². The number of hydrogen-bond acceptors (Lipinski definition) is 2. The van der Waals surface area contributed by atoms with Crippen molar-refractivity contribution in [2.45, 2.75) is 20.3 Å². The van der Waals surface area contributed by atoms with Crippen LogP contribution in [0.2, 0.25) is 0 Å². The van der Waals surface area contributed by atoms with E-state index in [4.69, 9.17) is 5.26 Å². The second kappa shape index (κ2) is 5.70. The van der Waals surface area contributed by atoms with Crippen LogP contribution in [0.25, 0.3) is 0 Å². The zero-order valence-corrected chi connectivity index (χ0v) is 11.3. The largest absolute Gasteiger partial charge is 0.350 e. The van der Waals surface area contributed by atoms with Crippen molar-refractivity contribution >= 4 is 11.4 Å². The van der Waals surface area contributed by atoms with Crippen molar-refractivity contribution in [3.05, 3.63) is 58.7 Å². The number of hydrogen-bond donors (Lipinski definition) is 1. The Balaban J connectivity index is 2.49. The molecule has 4 heteroatoms. The van der Waals surface area contributed by atoms with Crippen LogP contribution < -0.4 is 5.32 Å². The summed E-state index contributed by atoms with van der Waals surface area (Å²) >= 11 is 0. The Morgan fingerprint density at radius 2 is 1.80 bits per heavy atom. The Morgan fingerprint density at radius 3 is 2.35 bits per heavy atom. The van der Waals surface area contributed by atoms with Crippen LogP contribution in [-0.4, -0.2) is 0 Å². The number of nitriles is 1. The third kappa shape index (κ3) is 2.62. The first-order valence-electron chi connectivity index (χ1n) is 6.31. The predicted octanol–water partition coefficient (Wildman–Crippen LogP) is 4.45. The van der Waals surface area contributed by atoms with Crippen molar-refractivity contribution in [3.63, 3.8) is 0 Å². The van der Waals surface area contributed by atoms with Crippen molar-refractivity contribution in [1.29, 1.82) is 5.26 Å². The van der Waals surface area contributed by atoms with Gasteiger partial charge in [-0.05, 0) is 36.6 Å². The Morgan fingerprint density at radius 1 is 1.15 bits per heavy atom. The molecule has 20 heavy (non-hydrogen) atoms. The fraction of sp³-hybridized carbons (Fsp3) is 0.188. The number of para-hydroxylation sites is 1. The van der Waals surface area contributed by atoms with Gasteiger partial charge in [0.2, 0.25) is 0 Å². The molecule has 0 radical (unpaired) electrons. The van der Waals surface area contributed by atoms with Crippen LogP contribution in [0.15, 0.2) is 30.3 Å². The monoisotopic (exact) mass is 272 g/mol. The summed E-state index contributed by atoms with van der Waals surface area (Å²) in [5.74, 6) is -1.54. The van der Waals surface area contributed by atoms with Gasteiger partial charge in [-0.2, -0.15) is 5.26 Å². The molecule has 0 bridgehead atoms. The van der Waals surface area contributed by atoms with Gasteiger partial charge in [0.25, 0.3) is 0 Å². The minimum Gasteiger partial charge on any atom is -0.350 e. The molecule has 102 valence electrons. The van der Waals surface area contributed by atoms with E-state index in [9.17, 15) is 8.78 Å². The number of nitrogens with one attached hydrogen (secondary N) is 1. The summed E-state index contributed by atoms with van der Waals surface area (Å²) in [7, 11) is 0. The first-order valence-corrected chi connectivity index (χ1v) is 6.31. The molecule has 0 aliphatic carbocycles. The highest BCUT2D eigenvalue weighted by atomic mass is 19.1. The molecule has 2 aromatic carbocycles. The molecule has 0 aliphatic rings. The minimum absolute atomic E-state index is 0.0361. The van der Waals surface area contributed by atoms with E-state index in [0.717, 1.165) is 29.7 Å². The maximum Gasteiger partial charge on any atom is 0.150 e. The standard InChI is InChI=1S/C16H14F2N2/c1-3-12-6-4-5-10(2)15(12)20-16-13(17)7-11(9-19)8-14(16)18/h4-8,20H,3H2,1-2H3. The van der Waals surface area contributed by atoms with E-state index in [0.29, 0.717) is 5.69 Å². The molecule has 2 nitrogen and oxygen atoms in total. The smallest absolute Gasteiger partial charge is 0.150 e. The number of anilines is 2. The summed E-state index contributed by atoms with van der Waals surface area (Å²) in [6.07, 6.45) is 0.754. The number of aryl methyl sites for hydroxylation is 2. The molecule has 1 N–H and O–H groups in total. The summed E-state index contributed by atoms with van der Waals surface area (Å²) in [6, 6.07) is 9.47. The molecule has 0 atom stereocenters. The van der Waals surface area contributed by atoms with Crippen LogP contribution in [0.3, 0.4) is 0 Å². The van der Waals surface area contributed by atoms with Crippen molar-refractivity contribution in [1.82, 2.24) is 0 Å². The number of nitrogens with zero attached hydrogens (tertiary/aromatic N) is 1. The average molecular weight is 272 g/mol. The molecular weight excluding hydrogens is 258 g/mol. The van der Waals surface area contributed by atoms with E-state index in [2.05, 4.69) is 5.32 Å².